The lowest BCUT2D eigenvalue weighted by Crippen LogP contribution is -2.45. The largest absolute Gasteiger partial charge is 0.414 e. The highest BCUT2D eigenvalue weighted by molar-refractivity contribution is 7.98. The first kappa shape index (κ1) is 26.9. The molecule has 0 spiro atoms. The molecule has 2 heterocycles. The van der Waals surface area contributed by atoms with Crippen molar-refractivity contribution in [1.82, 2.24) is 10.2 Å². The molecule has 1 aromatic carbocycles. The Labute approximate surface area is 207 Å². The lowest BCUT2D eigenvalue weighted by Gasteiger charge is -2.37. The molecule has 2 aliphatic heterocycles. The summed E-state index contributed by atoms with van der Waals surface area (Å²) >= 11 is 1.61. The van der Waals surface area contributed by atoms with Crippen molar-refractivity contribution >= 4 is 31.8 Å². The number of carbonyl (C=O) groups excluding carboxylic acids is 1. The van der Waals surface area contributed by atoms with Gasteiger partial charge in [0.25, 0.3) is 5.91 Å². The van der Waals surface area contributed by atoms with E-state index in [1.807, 2.05) is 12.3 Å². The third-order valence-corrected chi connectivity index (χ3v) is 11.4. The zero-order chi connectivity index (χ0) is 24.9. The van der Waals surface area contributed by atoms with Crippen LogP contribution >= 0.6 is 11.8 Å². The first-order valence-electron chi connectivity index (χ1n) is 11.5. The molecule has 0 bridgehead atoms. The maximum Gasteiger partial charge on any atom is 0.256 e. The van der Waals surface area contributed by atoms with Crippen LogP contribution in [-0.4, -0.2) is 73.7 Å². The molecule has 1 saturated heterocycles. The number of rotatable bonds is 8. The Kier molecular flexibility index (Phi) is 8.99. The van der Waals surface area contributed by atoms with E-state index in [0.717, 1.165) is 0 Å². The molecule has 1 amide bonds. The lowest BCUT2D eigenvalue weighted by molar-refractivity contribution is -0.110. The van der Waals surface area contributed by atoms with E-state index in [1.165, 1.54) is 0 Å². The molecule has 188 valence electrons. The molecule has 8 nitrogen and oxygen atoms in total. The molecule has 1 aromatic rings. The topological polar surface area (TPSA) is 92.6 Å². The fraction of sp³-hybridized carbons (Fsp3) is 0.583. The molecule has 1 fully saturated rings. The van der Waals surface area contributed by atoms with E-state index in [0.29, 0.717) is 30.4 Å². The molecule has 4 atom stereocenters. The van der Waals surface area contributed by atoms with Gasteiger partial charge in [0.15, 0.2) is 8.32 Å². The Bertz CT molecular complexity index is 890. The number of aliphatic imine (C=N–C) groups is 1. The fourth-order valence-corrected chi connectivity index (χ4v) is 4.76. The summed E-state index contributed by atoms with van der Waals surface area (Å²) in [5.41, 5.74) is 0.521. The van der Waals surface area contributed by atoms with Crippen molar-refractivity contribution in [3.8, 4) is 0 Å². The molecule has 2 N–H and O–H groups in total. The maximum atomic E-state index is 12.4. The summed E-state index contributed by atoms with van der Waals surface area (Å²) in [7, 11) is -1.94. The second-order valence-corrected chi connectivity index (χ2v) is 15.6. The third kappa shape index (κ3) is 6.71. The van der Waals surface area contributed by atoms with Gasteiger partial charge in [-0.2, -0.15) is 0 Å². The Balaban J connectivity index is 1.62. The number of hydrogen-bond donors (Lipinski definition) is 2. The SMILES string of the molecule is CSCOC1C[C@H](N2C=CC(NC(=O)c3ccccc3)=NC2O)O[C@@H]1CO[Si](C)(C)C(C)(C)C. The first-order valence-corrected chi connectivity index (χ1v) is 15.8. The molecular formula is C24H37N3O5SSi. The van der Waals surface area contributed by atoms with Gasteiger partial charge < -0.3 is 29.2 Å². The predicted molar refractivity (Wildman–Crippen MR) is 138 cm³/mol. The number of amidine groups is 1. The second kappa shape index (κ2) is 11.4. The Morgan fingerprint density at radius 1 is 1.32 bits per heavy atom. The van der Waals surface area contributed by atoms with E-state index in [1.54, 1.807) is 53.2 Å². The molecule has 0 radical (unpaired) electrons. The monoisotopic (exact) mass is 507 g/mol. The molecule has 0 aliphatic carbocycles. The average Bonchev–Trinajstić information content (AvgIpc) is 3.19. The minimum absolute atomic E-state index is 0.0989. The summed E-state index contributed by atoms with van der Waals surface area (Å²) in [4.78, 5) is 18.3. The normalized spacial score (nSPS) is 25.4. The molecule has 34 heavy (non-hydrogen) atoms. The second-order valence-electron chi connectivity index (χ2n) is 9.99. The predicted octanol–water partition coefficient (Wildman–Crippen LogP) is 3.76. The van der Waals surface area contributed by atoms with Gasteiger partial charge in [-0.15, -0.1) is 11.8 Å². The van der Waals surface area contributed by atoms with Crippen molar-refractivity contribution in [2.24, 2.45) is 4.99 Å². The van der Waals surface area contributed by atoms with Gasteiger partial charge >= 0.3 is 0 Å². The van der Waals surface area contributed by atoms with Crippen molar-refractivity contribution in [2.45, 2.75) is 70.1 Å². The van der Waals surface area contributed by atoms with Crippen molar-refractivity contribution in [3.63, 3.8) is 0 Å². The van der Waals surface area contributed by atoms with E-state index in [4.69, 9.17) is 13.9 Å². The van der Waals surface area contributed by atoms with Gasteiger partial charge in [-0.05, 0) is 42.6 Å². The summed E-state index contributed by atoms with van der Waals surface area (Å²) < 4.78 is 18.7. The number of nitrogens with one attached hydrogen (secondary N) is 1. The van der Waals surface area contributed by atoms with Gasteiger partial charge in [-0.3, -0.25) is 4.79 Å². The van der Waals surface area contributed by atoms with E-state index in [9.17, 15) is 9.90 Å². The summed E-state index contributed by atoms with van der Waals surface area (Å²) in [6.07, 6.45) is 3.95. The van der Waals surface area contributed by atoms with Gasteiger partial charge in [0, 0.05) is 18.2 Å². The van der Waals surface area contributed by atoms with Crippen molar-refractivity contribution in [2.75, 3.05) is 18.8 Å². The number of amides is 1. The number of ether oxygens (including phenoxy) is 2. The van der Waals surface area contributed by atoms with E-state index < -0.39 is 20.9 Å². The van der Waals surface area contributed by atoms with Crippen LogP contribution in [0.15, 0.2) is 47.6 Å². The number of carbonyl (C=O) groups is 1. The van der Waals surface area contributed by atoms with Crippen LogP contribution in [-0.2, 0) is 13.9 Å². The zero-order valence-electron chi connectivity index (χ0n) is 20.9. The van der Waals surface area contributed by atoms with Gasteiger partial charge in [0.05, 0.1) is 18.6 Å². The molecule has 2 unspecified atom stereocenters. The minimum Gasteiger partial charge on any atom is -0.414 e. The van der Waals surface area contributed by atoms with Crippen LogP contribution in [0.3, 0.4) is 0 Å². The Hall–Kier alpha value is -1.69. The molecule has 2 aliphatic rings. The van der Waals surface area contributed by atoms with Crippen LogP contribution in [0, 0.1) is 0 Å². The number of benzene rings is 1. The van der Waals surface area contributed by atoms with Crippen LogP contribution in [0.4, 0.5) is 0 Å². The van der Waals surface area contributed by atoms with E-state index in [2.05, 4.69) is 44.2 Å². The summed E-state index contributed by atoms with van der Waals surface area (Å²) in [5, 5.41) is 13.5. The van der Waals surface area contributed by atoms with Gasteiger partial charge in [-0.25, -0.2) is 4.99 Å². The van der Waals surface area contributed by atoms with Crippen molar-refractivity contribution in [1.29, 1.82) is 0 Å². The minimum atomic E-state index is -1.94. The van der Waals surface area contributed by atoms with Crippen LogP contribution in [0.5, 0.6) is 0 Å². The molecule has 0 aromatic heterocycles. The average molecular weight is 508 g/mol. The van der Waals surface area contributed by atoms with Crippen LogP contribution in [0.25, 0.3) is 0 Å². The maximum absolute atomic E-state index is 12.4. The highest BCUT2D eigenvalue weighted by Crippen LogP contribution is 2.37. The van der Waals surface area contributed by atoms with Crippen LogP contribution < -0.4 is 5.32 Å². The van der Waals surface area contributed by atoms with Crippen molar-refractivity contribution in [3.05, 3.63) is 48.2 Å². The van der Waals surface area contributed by atoms with Gasteiger partial charge in [-0.1, -0.05) is 39.0 Å². The van der Waals surface area contributed by atoms with Crippen molar-refractivity contribution < 1.29 is 23.8 Å². The lowest BCUT2D eigenvalue weighted by atomic mass is 10.2. The number of nitrogens with zero attached hydrogens (tertiary/aromatic N) is 2. The summed E-state index contributed by atoms with van der Waals surface area (Å²) in [6.45, 7) is 11.5. The summed E-state index contributed by atoms with van der Waals surface area (Å²) in [6, 6.07) is 8.87. The molecule has 10 heteroatoms. The standard InChI is InChI=1S/C24H37N3O5SSi/c1-24(2,3)34(5,6)31-15-19-18(30-16-33-4)14-21(32-19)27-13-12-20(26-23(27)29)25-22(28)17-10-8-7-9-11-17/h7-13,18-19,21,23,29H,14-16H2,1-6H3,(H,25,26,28)/t18?,19-,21-,23?/m1/s1. The highest BCUT2D eigenvalue weighted by Gasteiger charge is 2.43. The van der Waals surface area contributed by atoms with Crippen LogP contribution in [0.1, 0.15) is 37.6 Å². The third-order valence-electron chi connectivity index (χ3n) is 6.53. The number of aliphatic hydroxyl groups excluding tert-OH is 1. The zero-order valence-corrected chi connectivity index (χ0v) is 22.7. The van der Waals surface area contributed by atoms with Gasteiger partial charge in [0.1, 0.15) is 18.2 Å². The van der Waals surface area contributed by atoms with Crippen LogP contribution in [0.2, 0.25) is 18.1 Å². The number of aliphatic hydroxyl groups is 1. The molecule has 3 rings (SSSR count). The fourth-order valence-electron chi connectivity index (χ4n) is 3.44. The Morgan fingerprint density at radius 2 is 2.03 bits per heavy atom. The smallest absolute Gasteiger partial charge is 0.256 e. The molecule has 0 saturated carbocycles. The quantitative estimate of drug-likeness (QED) is 0.409. The molecular weight excluding hydrogens is 470 g/mol. The van der Waals surface area contributed by atoms with Gasteiger partial charge in [0.2, 0.25) is 6.35 Å². The number of thioether (sulfide) groups is 1. The highest BCUT2D eigenvalue weighted by atomic mass is 32.2. The van der Waals surface area contributed by atoms with E-state index in [-0.39, 0.29) is 23.2 Å². The van der Waals surface area contributed by atoms with E-state index >= 15 is 0 Å². The summed E-state index contributed by atoms with van der Waals surface area (Å²) in [5.74, 6) is 0.572. The number of hydrogen-bond acceptors (Lipinski definition) is 8. The first-order chi connectivity index (χ1) is 16.0. The Morgan fingerprint density at radius 3 is 2.65 bits per heavy atom.